The predicted molar refractivity (Wildman–Crippen MR) is 103 cm³/mol. The first kappa shape index (κ1) is 20.7. The minimum atomic E-state index is -3.63. The largest absolute Gasteiger partial charge is 0.494 e. The zero-order chi connectivity index (χ0) is 18.0. The lowest BCUT2D eigenvalue weighted by Gasteiger charge is -2.36. The summed E-state index contributed by atoms with van der Waals surface area (Å²) >= 11 is 0. The fraction of sp³-hybridized carbons (Fsp3) is 0.471. The summed E-state index contributed by atoms with van der Waals surface area (Å²) in [6, 6.07) is 6.96. The van der Waals surface area contributed by atoms with Crippen LogP contribution in [0.3, 0.4) is 0 Å². The number of nitrogens with zero attached hydrogens (tertiary/aromatic N) is 3. The number of halogens is 1. The Kier molecular flexibility index (Phi) is 6.68. The maximum absolute atomic E-state index is 13.1. The summed E-state index contributed by atoms with van der Waals surface area (Å²) in [4.78, 5) is 0.172. The molecule has 2 heterocycles. The van der Waals surface area contributed by atoms with Gasteiger partial charge in [-0.3, -0.25) is 0 Å². The van der Waals surface area contributed by atoms with Gasteiger partial charge in [-0.1, -0.05) is 18.6 Å². The lowest BCUT2D eigenvalue weighted by Crippen LogP contribution is -2.51. The number of rotatable bonds is 5. The lowest BCUT2D eigenvalue weighted by molar-refractivity contribution is 0.227. The van der Waals surface area contributed by atoms with Crippen molar-refractivity contribution in [2.45, 2.75) is 43.2 Å². The van der Waals surface area contributed by atoms with Crippen molar-refractivity contribution in [2.75, 3.05) is 13.7 Å². The fourth-order valence-corrected chi connectivity index (χ4v) is 4.99. The molecule has 0 radical (unpaired) electrons. The Morgan fingerprint density at radius 1 is 1.31 bits per heavy atom. The average Bonchev–Trinajstić information content (AvgIpc) is 3.12. The smallest absolute Gasteiger partial charge is 0.246 e. The highest BCUT2D eigenvalue weighted by atomic mass is 35.5. The maximum atomic E-state index is 13.1. The third-order valence-corrected chi connectivity index (χ3v) is 6.48. The summed E-state index contributed by atoms with van der Waals surface area (Å²) in [7, 11) is -2.06. The van der Waals surface area contributed by atoms with Gasteiger partial charge in [0, 0.05) is 18.6 Å². The van der Waals surface area contributed by atoms with Gasteiger partial charge in [-0.2, -0.15) is 9.40 Å². The van der Waals surface area contributed by atoms with E-state index in [0.29, 0.717) is 18.0 Å². The van der Waals surface area contributed by atoms with Gasteiger partial charge in [0.15, 0.2) is 0 Å². The Morgan fingerprint density at radius 3 is 2.73 bits per heavy atom. The second kappa shape index (κ2) is 8.39. The molecule has 1 fully saturated rings. The first-order chi connectivity index (χ1) is 11.9. The van der Waals surface area contributed by atoms with Crippen molar-refractivity contribution in [1.82, 2.24) is 14.1 Å². The molecule has 0 amide bonds. The molecule has 0 bridgehead atoms. The summed E-state index contributed by atoms with van der Waals surface area (Å²) in [6.45, 7) is 2.35. The predicted octanol–water partition coefficient (Wildman–Crippen LogP) is 2.19. The zero-order valence-corrected chi connectivity index (χ0v) is 16.5. The first-order valence-electron chi connectivity index (χ1n) is 8.40. The average molecular weight is 401 g/mol. The van der Waals surface area contributed by atoms with E-state index in [1.165, 1.54) is 21.4 Å². The number of hydrogen-bond donors (Lipinski definition) is 1. The van der Waals surface area contributed by atoms with E-state index in [0.717, 1.165) is 19.3 Å². The van der Waals surface area contributed by atoms with Crippen molar-refractivity contribution in [3.05, 3.63) is 36.7 Å². The van der Waals surface area contributed by atoms with Crippen molar-refractivity contribution in [3.8, 4) is 11.4 Å². The summed E-state index contributed by atoms with van der Waals surface area (Å²) in [6.07, 6.45) is 5.55. The van der Waals surface area contributed by atoms with Crippen LogP contribution in [-0.2, 0) is 10.0 Å². The van der Waals surface area contributed by atoms with Gasteiger partial charge in [0.05, 0.1) is 19.5 Å². The van der Waals surface area contributed by atoms with Crippen molar-refractivity contribution in [2.24, 2.45) is 5.73 Å². The molecule has 2 atom stereocenters. The molecule has 144 valence electrons. The minimum absolute atomic E-state index is 0. The van der Waals surface area contributed by atoms with Crippen LogP contribution in [0.2, 0.25) is 0 Å². The minimum Gasteiger partial charge on any atom is -0.494 e. The van der Waals surface area contributed by atoms with Crippen LogP contribution in [0.5, 0.6) is 5.75 Å². The van der Waals surface area contributed by atoms with Crippen molar-refractivity contribution in [1.29, 1.82) is 0 Å². The quantitative estimate of drug-likeness (QED) is 0.830. The molecule has 2 aromatic rings. The Hall–Kier alpha value is -1.61. The monoisotopic (exact) mass is 400 g/mol. The highest BCUT2D eigenvalue weighted by Crippen LogP contribution is 2.28. The summed E-state index contributed by atoms with van der Waals surface area (Å²) in [5.41, 5.74) is 6.71. The molecule has 7 nitrogen and oxygen atoms in total. The van der Waals surface area contributed by atoms with Crippen LogP contribution in [0.4, 0.5) is 0 Å². The summed E-state index contributed by atoms with van der Waals surface area (Å²) < 4.78 is 34.6. The zero-order valence-electron chi connectivity index (χ0n) is 14.9. The summed E-state index contributed by atoms with van der Waals surface area (Å²) in [5.74, 6) is 0.626. The molecular formula is C17H25ClN4O3S. The number of aromatic nitrogens is 2. The number of nitrogens with two attached hydrogens (primary N) is 1. The van der Waals surface area contributed by atoms with Crippen LogP contribution < -0.4 is 10.5 Å². The van der Waals surface area contributed by atoms with Crippen LogP contribution >= 0.6 is 12.4 Å². The third-order valence-electron chi connectivity index (χ3n) is 4.60. The van der Waals surface area contributed by atoms with Crippen LogP contribution in [-0.4, -0.2) is 48.2 Å². The van der Waals surface area contributed by atoms with Gasteiger partial charge in [0.2, 0.25) is 10.0 Å². The molecular weight excluding hydrogens is 376 g/mol. The van der Waals surface area contributed by atoms with Crippen LogP contribution in [0.25, 0.3) is 5.69 Å². The standard InChI is InChI=1S/C17H24N4O3S.ClH/c1-13(18)15-7-5-6-10-21(15)25(22,23)14-11-19-20(12-14)16-8-3-4-9-17(16)24-2;/h3-4,8-9,11-13,15H,5-7,10,18H2,1-2H3;1H. The lowest BCUT2D eigenvalue weighted by atomic mass is 10.00. The molecule has 0 saturated carbocycles. The Labute approximate surface area is 160 Å². The van der Waals surface area contributed by atoms with Gasteiger partial charge in [-0.05, 0) is 31.9 Å². The first-order valence-corrected chi connectivity index (χ1v) is 9.84. The molecule has 0 spiro atoms. The van der Waals surface area contributed by atoms with E-state index in [-0.39, 0.29) is 29.4 Å². The number of methoxy groups -OCH3 is 1. The van der Waals surface area contributed by atoms with E-state index >= 15 is 0 Å². The fourth-order valence-electron chi connectivity index (χ4n) is 3.28. The normalized spacial score (nSPS) is 19.6. The topological polar surface area (TPSA) is 90.5 Å². The van der Waals surface area contributed by atoms with Gasteiger partial charge in [0.25, 0.3) is 0 Å². The number of sulfonamides is 1. The van der Waals surface area contributed by atoms with E-state index in [2.05, 4.69) is 5.10 Å². The van der Waals surface area contributed by atoms with E-state index in [9.17, 15) is 8.42 Å². The molecule has 1 aliphatic rings. The number of para-hydroxylation sites is 2. The molecule has 1 aromatic carbocycles. The van der Waals surface area contributed by atoms with Gasteiger partial charge in [0.1, 0.15) is 16.3 Å². The molecule has 2 unspecified atom stereocenters. The highest BCUT2D eigenvalue weighted by molar-refractivity contribution is 7.89. The van der Waals surface area contributed by atoms with Gasteiger partial charge in [-0.25, -0.2) is 13.1 Å². The second-order valence-electron chi connectivity index (χ2n) is 6.33. The molecule has 3 rings (SSSR count). The second-order valence-corrected chi connectivity index (χ2v) is 8.22. The van der Waals surface area contributed by atoms with Crippen molar-refractivity contribution in [3.63, 3.8) is 0 Å². The van der Waals surface area contributed by atoms with Crippen LogP contribution in [0, 0.1) is 0 Å². The molecule has 0 aliphatic carbocycles. The van der Waals surface area contributed by atoms with Crippen molar-refractivity contribution < 1.29 is 13.2 Å². The molecule has 1 aliphatic heterocycles. The van der Waals surface area contributed by atoms with Crippen molar-refractivity contribution >= 4 is 22.4 Å². The van der Waals surface area contributed by atoms with E-state index in [1.807, 2.05) is 31.2 Å². The molecule has 2 N–H and O–H groups in total. The Bertz CT molecular complexity index is 838. The van der Waals surface area contributed by atoms with Crippen LogP contribution in [0.1, 0.15) is 26.2 Å². The Morgan fingerprint density at radius 2 is 2.04 bits per heavy atom. The van der Waals surface area contributed by atoms with E-state index in [1.54, 1.807) is 7.11 Å². The number of benzene rings is 1. The molecule has 9 heteroatoms. The van der Waals surface area contributed by atoms with E-state index < -0.39 is 10.0 Å². The van der Waals surface area contributed by atoms with Gasteiger partial charge in [-0.15, -0.1) is 12.4 Å². The number of hydrogen-bond acceptors (Lipinski definition) is 5. The molecule has 1 aromatic heterocycles. The highest BCUT2D eigenvalue weighted by Gasteiger charge is 2.36. The maximum Gasteiger partial charge on any atom is 0.246 e. The molecule has 26 heavy (non-hydrogen) atoms. The summed E-state index contributed by atoms with van der Waals surface area (Å²) in [5, 5.41) is 4.23. The van der Waals surface area contributed by atoms with Gasteiger partial charge >= 0.3 is 0 Å². The molecule has 1 saturated heterocycles. The van der Waals surface area contributed by atoms with Gasteiger partial charge < -0.3 is 10.5 Å². The SMILES string of the molecule is COc1ccccc1-n1cc(S(=O)(=O)N2CCCCC2C(C)N)cn1.Cl. The third kappa shape index (κ3) is 3.88. The van der Waals surface area contributed by atoms with Crippen LogP contribution in [0.15, 0.2) is 41.6 Å². The Balaban J connectivity index is 0.00000243. The number of piperidine rings is 1. The van der Waals surface area contributed by atoms with E-state index in [4.69, 9.17) is 10.5 Å². The number of ether oxygens (including phenoxy) is 1.